The number of benzene rings is 1. The summed E-state index contributed by atoms with van der Waals surface area (Å²) >= 11 is 0. The molecule has 192 valence electrons. The van der Waals surface area contributed by atoms with E-state index in [2.05, 4.69) is 10.4 Å². The molecule has 4 N–H and O–H groups in total. The average Bonchev–Trinajstić information content (AvgIpc) is 2.85. The van der Waals surface area contributed by atoms with Gasteiger partial charge in [0.15, 0.2) is 5.75 Å². The highest BCUT2D eigenvalue weighted by atomic mass is 16.6. The van der Waals surface area contributed by atoms with Gasteiger partial charge < -0.3 is 35.1 Å². The maximum absolute atomic E-state index is 12.8. The summed E-state index contributed by atoms with van der Waals surface area (Å²) in [6.45, 7) is 3.23. The number of aromatic nitrogens is 2. The highest BCUT2D eigenvalue weighted by molar-refractivity contribution is 5.76. The monoisotopic (exact) mass is 492 g/mol. The summed E-state index contributed by atoms with van der Waals surface area (Å²) in [5.41, 5.74) is 6.59. The molecule has 0 bridgehead atoms. The van der Waals surface area contributed by atoms with E-state index in [0.717, 1.165) is 0 Å². The van der Waals surface area contributed by atoms with Crippen LogP contribution in [0, 0.1) is 0 Å². The lowest BCUT2D eigenvalue weighted by atomic mass is 10.0. The SMILES string of the molecule is Cn1ncc(OCCOCCOCCOCCN)c(-c2ccc(CC(NC=O)C(=O)O)cc2)c1=O. The van der Waals surface area contributed by atoms with E-state index in [1.807, 2.05) is 0 Å². The highest BCUT2D eigenvalue weighted by Gasteiger charge is 2.18. The maximum Gasteiger partial charge on any atom is 0.326 e. The van der Waals surface area contributed by atoms with Crippen molar-refractivity contribution in [1.29, 1.82) is 0 Å². The third-order valence-corrected chi connectivity index (χ3v) is 4.84. The van der Waals surface area contributed by atoms with Gasteiger partial charge in [-0.25, -0.2) is 9.48 Å². The molecule has 0 saturated heterocycles. The van der Waals surface area contributed by atoms with E-state index in [1.165, 1.54) is 17.9 Å². The van der Waals surface area contributed by atoms with Crippen molar-refractivity contribution >= 4 is 12.4 Å². The third kappa shape index (κ3) is 9.45. The summed E-state index contributed by atoms with van der Waals surface area (Å²) in [5.74, 6) is -0.825. The number of carboxylic acid groups (broad SMARTS) is 1. The van der Waals surface area contributed by atoms with Gasteiger partial charge in [-0.05, 0) is 11.1 Å². The normalized spacial score (nSPS) is 11.7. The summed E-state index contributed by atoms with van der Waals surface area (Å²) in [6.07, 6.45) is 1.92. The van der Waals surface area contributed by atoms with Crippen LogP contribution in [0.5, 0.6) is 5.75 Å². The van der Waals surface area contributed by atoms with Crippen molar-refractivity contribution in [3.63, 3.8) is 0 Å². The minimum atomic E-state index is -1.13. The number of rotatable bonds is 18. The van der Waals surface area contributed by atoms with Gasteiger partial charge in [-0.3, -0.25) is 9.59 Å². The number of carboxylic acids is 1. The van der Waals surface area contributed by atoms with Crippen LogP contribution >= 0.6 is 0 Å². The zero-order valence-corrected chi connectivity index (χ0v) is 19.7. The Kier molecular flexibility index (Phi) is 12.4. The van der Waals surface area contributed by atoms with Crippen LogP contribution in [0.3, 0.4) is 0 Å². The van der Waals surface area contributed by atoms with E-state index < -0.39 is 12.0 Å². The Morgan fingerprint density at radius 3 is 2.26 bits per heavy atom. The summed E-state index contributed by atoms with van der Waals surface area (Å²) in [5, 5.41) is 15.5. The molecule has 1 unspecified atom stereocenters. The van der Waals surface area contributed by atoms with Gasteiger partial charge in [0.25, 0.3) is 5.56 Å². The van der Waals surface area contributed by atoms with Gasteiger partial charge in [0, 0.05) is 20.0 Å². The van der Waals surface area contributed by atoms with Crippen molar-refractivity contribution in [3.05, 3.63) is 46.4 Å². The summed E-state index contributed by atoms with van der Waals surface area (Å²) in [6, 6.07) is 5.76. The summed E-state index contributed by atoms with van der Waals surface area (Å²) < 4.78 is 23.0. The van der Waals surface area contributed by atoms with Crippen LogP contribution in [0.25, 0.3) is 11.1 Å². The second kappa shape index (κ2) is 15.6. The predicted molar refractivity (Wildman–Crippen MR) is 126 cm³/mol. The van der Waals surface area contributed by atoms with Gasteiger partial charge in [0.05, 0.1) is 51.4 Å². The first-order valence-electron chi connectivity index (χ1n) is 11.1. The second-order valence-corrected chi connectivity index (χ2v) is 7.36. The number of nitrogens with zero attached hydrogens (tertiary/aromatic N) is 2. The standard InChI is InChI=1S/C23H32N4O8/c1-27-22(29)21(18-4-2-17(3-5-18)14-19(23(30)31)25-16-28)20(15-26-27)35-13-12-34-11-10-33-9-8-32-7-6-24/h2-5,15-16,19H,6-14,24H2,1H3,(H,25,28)(H,30,31). The molecule has 12 nitrogen and oxygen atoms in total. The fourth-order valence-electron chi connectivity index (χ4n) is 3.08. The number of amides is 1. The van der Waals surface area contributed by atoms with Crippen LogP contribution in [0.4, 0.5) is 0 Å². The van der Waals surface area contributed by atoms with E-state index in [-0.39, 0.29) is 18.6 Å². The lowest BCUT2D eigenvalue weighted by Gasteiger charge is -2.14. The van der Waals surface area contributed by atoms with E-state index in [9.17, 15) is 19.5 Å². The van der Waals surface area contributed by atoms with Crippen molar-refractivity contribution in [2.45, 2.75) is 12.5 Å². The van der Waals surface area contributed by atoms with Crippen molar-refractivity contribution in [1.82, 2.24) is 15.1 Å². The largest absolute Gasteiger partial charge is 0.489 e. The van der Waals surface area contributed by atoms with Gasteiger partial charge in [0.1, 0.15) is 12.6 Å². The molecular formula is C23H32N4O8. The molecule has 2 rings (SSSR count). The van der Waals surface area contributed by atoms with Crippen LogP contribution < -0.4 is 21.3 Å². The lowest BCUT2D eigenvalue weighted by Crippen LogP contribution is -2.37. The van der Waals surface area contributed by atoms with E-state index in [0.29, 0.717) is 75.0 Å². The Balaban J connectivity index is 1.92. The topological polar surface area (TPSA) is 164 Å². The number of aliphatic carboxylic acids is 1. The Morgan fingerprint density at radius 1 is 1.09 bits per heavy atom. The number of carbonyl (C=O) groups excluding carboxylic acids is 1. The van der Waals surface area contributed by atoms with Gasteiger partial charge >= 0.3 is 5.97 Å². The van der Waals surface area contributed by atoms with Gasteiger partial charge in [-0.1, -0.05) is 24.3 Å². The van der Waals surface area contributed by atoms with Gasteiger partial charge in [-0.15, -0.1) is 0 Å². The number of aryl methyl sites for hydroxylation is 1. The molecule has 1 amide bonds. The first kappa shape index (κ1) is 27.9. The summed E-state index contributed by atoms with van der Waals surface area (Å²) in [7, 11) is 1.54. The Labute approximate surface area is 202 Å². The molecule has 0 radical (unpaired) electrons. The number of carbonyl (C=O) groups is 2. The van der Waals surface area contributed by atoms with Crippen molar-refractivity contribution in [3.8, 4) is 16.9 Å². The molecule has 12 heteroatoms. The van der Waals surface area contributed by atoms with Crippen LogP contribution in [-0.2, 0) is 37.3 Å². The highest BCUT2D eigenvalue weighted by Crippen LogP contribution is 2.26. The molecule has 0 spiro atoms. The Morgan fingerprint density at radius 2 is 1.69 bits per heavy atom. The van der Waals surface area contributed by atoms with Crippen molar-refractivity contribution in [2.75, 3.05) is 52.8 Å². The Bertz CT molecular complexity index is 980. The zero-order chi connectivity index (χ0) is 25.5. The molecule has 1 atom stereocenters. The molecule has 1 aromatic heterocycles. The molecule has 0 saturated carbocycles. The van der Waals surface area contributed by atoms with Gasteiger partial charge in [0.2, 0.25) is 6.41 Å². The molecule has 0 aliphatic heterocycles. The molecule has 1 aromatic carbocycles. The molecule has 1 heterocycles. The number of hydrogen-bond acceptors (Lipinski definition) is 9. The maximum atomic E-state index is 12.8. The van der Waals surface area contributed by atoms with E-state index in [1.54, 1.807) is 24.3 Å². The van der Waals surface area contributed by atoms with E-state index >= 15 is 0 Å². The van der Waals surface area contributed by atoms with Crippen LogP contribution in [-0.4, -0.2) is 86.1 Å². The number of hydrogen-bond donors (Lipinski definition) is 3. The molecule has 0 aliphatic carbocycles. The van der Waals surface area contributed by atoms with Crippen LogP contribution in [0.2, 0.25) is 0 Å². The van der Waals surface area contributed by atoms with Crippen LogP contribution in [0.15, 0.2) is 35.3 Å². The lowest BCUT2D eigenvalue weighted by molar-refractivity contribution is -0.140. The van der Waals surface area contributed by atoms with Gasteiger partial charge in [-0.2, -0.15) is 5.10 Å². The molecule has 0 fully saturated rings. The fraction of sp³-hybridized carbons (Fsp3) is 0.478. The molecular weight excluding hydrogens is 460 g/mol. The third-order valence-electron chi connectivity index (χ3n) is 4.84. The molecule has 0 aliphatic rings. The number of nitrogens with two attached hydrogens (primary N) is 1. The minimum absolute atomic E-state index is 0.105. The van der Waals surface area contributed by atoms with Crippen molar-refractivity contribution < 1.29 is 33.6 Å². The predicted octanol–water partition coefficient (Wildman–Crippen LogP) is -0.424. The number of nitrogens with one attached hydrogen (secondary N) is 1. The van der Waals surface area contributed by atoms with E-state index in [4.69, 9.17) is 24.7 Å². The fourth-order valence-corrected chi connectivity index (χ4v) is 3.08. The molecule has 35 heavy (non-hydrogen) atoms. The smallest absolute Gasteiger partial charge is 0.326 e. The van der Waals surface area contributed by atoms with Crippen LogP contribution in [0.1, 0.15) is 5.56 Å². The second-order valence-electron chi connectivity index (χ2n) is 7.36. The molecule has 2 aromatic rings. The zero-order valence-electron chi connectivity index (χ0n) is 19.7. The first-order valence-corrected chi connectivity index (χ1v) is 11.1. The quantitative estimate of drug-likeness (QED) is 0.184. The number of ether oxygens (including phenoxy) is 4. The minimum Gasteiger partial charge on any atom is -0.489 e. The van der Waals surface area contributed by atoms with Crippen molar-refractivity contribution in [2.24, 2.45) is 12.8 Å². The summed E-state index contributed by atoms with van der Waals surface area (Å²) in [4.78, 5) is 34.6. The first-order chi connectivity index (χ1) is 17.0. The Hall–Kier alpha value is -3.32. The average molecular weight is 493 g/mol.